The van der Waals surface area contributed by atoms with Gasteiger partial charge in [0.05, 0.1) is 0 Å². The molecule has 4 heteroatoms. The zero-order valence-electron chi connectivity index (χ0n) is 10.6. The Balaban J connectivity index is 1.80. The first-order valence-corrected chi connectivity index (χ1v) is 6.15. The smallest absolute Gasteiger partial charge is 0.137 e. The molecule has 19 heavy (non-hydrogen) atoms. The largest absolute Gasteiger partial charge is 0.381 e. The number of pyridine rings is 1. The van der Waals surface area contributed by atoms with Crippen molar-refractivity contribution in [1.29, 1.82) is 0 Å². The molecule has 96 valence electrons. The third-order valence-electron chi connectivity index (χ3n) is 3.19. The van der Waals surface area contributed by atoms with Crippen molar-refractivity contribution in [1.82, 2.24) is 9.97 Å². The number of aryl methyl sites for hydroxylation is 1. The molecule has 3 rings (SSSR count). The van der Waals surface area contributed by atoms with Crippen LogP contribution in [0.25, 0.3) is 11.0 Å². The molecule has 0 saturated heterocycles. The standard InChI is InChI=1S/C15H14FN3/c1-10-4-5-12(7-14(10)16)18-8-11-9-19-15-13(11)3-2-6-17-15/h2-7,9,18H,8H2,1H3,(H,17,19). The number of nitrogens with one attached hydrogen (secondary N) is 2. The van der Waals surface area contributed by atoms with Gasteiger partial charge < -0.3 is 10.3 Å². The van der Waals surface area contributed by atoms with Gasteiger partial charge in [-0.25, -0.2) is 9.37 Å². The number of rotatable bonds is 3. The minimum absolute atomic E-state index is 0.189. The van der Waals surface area contributed by atoms with Crippen molar-refractivity contribution in [2.75, 3.05) is 5.32 Å². The molecule has 1 aromatic carbocycles. The van der Waals surface area contributed by atoms with Gasteiger partial charge in [-0.1, -0.05) is 6.07 Å². The molecule has 0 bridgehead atoms. The summed E-state index contributed by atoms with van der Waals surface area (Å²) in [5.41, 5.74) is 3.42. The number of halogens is 1. The van der Waals surface area contributed by atoms with E-state index in [1.165, 1.54) is 6.07 Å². The lowest BCUT2D eigenvalue weighted by Gasteiger charge is -2.06. The van der Waals surface area contributed by atoms with Crippen molar-refractivity contribution in [3.8, 4) is 0 Å². The minimum atomic E-state index is -0.189. The SMILES string of the molecule is Cc1ccc(NCc2c[nH]c3ncccc23)cc1F. The highest BCUT2D eigenvalue weighted by atomic mass is 19.1. The number of H-pyrrole nitrogens is 1. The Bertz CT molecular complexity index is 718. The zero-order valence-corrected chi connectivity index (χ0v) is 10.6. The van der Waals surface area contributed by atoms with E-state index < -0.39 is 0 Å². The van der Waals surface area contributed by atoms with Crippen LogP contribution in [-0.2, 0) is 6.54 Å². The van der Waals surface area contributed by atoms with Crippen LogP contribution in [-0.4, -0.2) is 9.97 Å². The van der Waals surface area contributed by atoms with Gasteiger partial charge in [0, 0.05) is 30.0 Å². The predicted molar refractivity (Wildman–Crippen MR) is 74.6 cm³/mol. The number of benzene rings is 1. The molecule has 0 fully saturated rings. The Hall–Kier alpha value is -2.36. The van der Waals surface area contributed by atoms with Crippen LogP contribution in [0.5, 0.6) is 0 Å². The number of nitrogens with zero attached hydrogens (tertiary/aromatic N) is 1. The van der Waals surface area contributed by atoms with E-state index in [-0.39, 0.29) is 5.82 Å². The molecule has 0 spiro atoms. The van der Waals surface area contributed by atoms with E-state index in [0.29, 0.717) is 12.1 Å². The molecule has 0 saturated carbocycles. The second-order valence-corrected chi connectivity index (χ2v) is 4.53. The highest BCUT2D eigenvalue weighted by Gasteiger charge is 2.04. The van der Waals surface area contributed by atoms with Crippen molar-refractivity contribution in [2.45, 2.75) is 13.5 Å². The molecule has 2 N–H and O–H groups in total. The first-order valence-electron chi connectivity index (χ1n) is 6.15. The van der Waals surface area contributed by atoms with Crippen molar-refractivity contribution in [2.24, 2.45) is 0 Å². The Morgan fingerprint density at radius 2 is 2.21 bits per heavy atom. The fraction of sp³-hybridized carbons (Fsp3) is 0.133. The Morgan fingerprint density at radius 1 is 1.32 bits per heavy atom. The van der Waals surface area contributed by atoms with E-state index in [9.17, 15) is 4.39 Å². The van der Waals surface area contributed by atoms with Crippen molar-refractivity contribution < 1.29 is 4.39 Å². The molecule has 0 aliphatic rings. The van der Waals surface area contributed by atoms with Gasteiger partial charge in [0.25, 0.3) is 0 Å². The Labute approximate surface area is 110 Å². The van der Waals surface area contributed by atoms with Crippen LogP contribution < -0.4 is 5.32 Å². The normalized spacial score (nSPS) is 10.8. The summed E-state index contributed by atoms with van der Waals surface area (Å²) >= 11 is 0. The van der Waals surface area contributed by atoms with E-state index in [4.69, 9.17) is 0 Å². The maximum Gasteiger partial charge on any atom is 0.137 e. The molecule has 3 aromatic rings. The first kappa shape index (κ1) is 11.7. The number of fused-ring (bicyclic) bond motifs is 1. The average Bonchev–Trinajstić information content (AvgIpc) is 2.83. The molecule has 0 atom stereocenters. The average molecular weight is 255 g/mol. The highest BCUT2D eigenvalue weighted by molar-refractivity contribution is 5.79. The van der Waals surface area contributed by atoms with Gasteiger partial charge in [0.2, 0.25) is 0 Å². The maximum atomic E-state index is 13.4. The summed E-state index contributed by atoms with van der Waals surface area (Å²) in [4.78, 5) is 7.36. The molecule has 0 unspecified atom stereocenters. The van der Waals surface area contributed by atoms with Gasteiger partial charge in [-0.15, -0.1) is 0 Å². The summed E-state index contributed by atoms with van der Waals surface area (Å²) in [6, 6.07) is 9.10. The van der Waals surface area contributed by atoms with E-state index in [0.717, 1.165) is 22.3 Å². The van der Waals surface area contributed by atoms with Crippen LogP contribution in [0.4, 0.5) is 10.1 Å². The molecule has 2 heterocycles. The van der Waals surface area contributed by atoms with Crippen molar-refractivity contribution >= 4 is 16.7 Å². The topological polar surface area (TPSA) is 40.7 Å². The highest BCUT2D eigenvalue weighted by Crippen LogP contribution is 2.18. The van der Waals surface area contributed by atoms with E-state index in [2.05, 4.69) is 15.3 Å². The third kappa shape index (κ3) is 2.29. The van der Waals surface area contributed by atoms with Crippen LogP contribution in [0.1, 0.15) is 11.1 Å². The van der Waals surface area contributed by atoms with Gasteiger partial charge in [-0.05, 0) is 42.3 Å². The van der Waals surface area contributed by atoms with Crippen LogP contribution in [0, 0.1) is 12.7 Å². The Kier molecular flexibility index (Phi) is 2.91. The molecule has 3 nitrogen and oxygen atoms in total. The lowest BCUT2D eigenvalue weighted by atomic mass is 10.2. The maximum absolute atomic E-state index is 13.4. The van der Waals surface area contributed by atoms with Gasteiger partial charge in [-0.3, -0.25) is 0 Å². The quantitative estimate of drug-likeness (QED) is 0.750. The van der Waals surface area contributed by atoms with Crippen LogP contribution in [0.15, 0.2) is 42.7 Å². The van der Waals surface area contributed by atoms with Gasteiger partial charge in [-0.2, -0.15) is 0 Å². The van der Waals surface area contributed by atoms with Crippen LogP contribution in [0.3, 0.4) is 0 Å². The molecular formula is C15H14FN3. The summed E-state index contributed by atoms with van der Waals surface area (Å²) in [7, 11) is 0. The first-order chi connectivity index (χ1) is 9.24. The summed E-state index contributed by atoms with van der Waals surface area (Å²) in [5.74, 6) is -0.189. The Morgan fingerprint density at radius 3 is 3.05 bits per heavy atom. The molecule has 0 amide bonds. The molecular weight excluding hydrogens is 241 g/mol. The summed E-state index contributed by atoms with van der Waals surface area (Å²) in [6.45, 7) is 2.39. The van der Waals surface area contributed by atoms with Crippen LogP contribution >= 0.6 is 0 Å². The fourth-order valence-electron chi connectivity index (χ4n) is 2.06. The number of aromatic nitrogens is 2. The number of hydrogen-bond acceptors (Lipinski definition) is 2. The molecule has 0 aliphatic heterocycles. The fourth-order valence-corrected chi connectivity index (χ4v) is 2.06. The van der Waals surface area contributed by atoms with Gasteiger partial charge >= 0.3 is 0 Å². The lowest BCUT2D eigenvalue weighted by molar-refractivity contribution is 0.619. The summed E-state index contributed by atoms with van der Waals surface area (Å²) in [6.07, 6.45) is 3.68. The van der Waals surface area contributed by atoms with Crippen LogP contribution in [0.2, 0.25) is 0 Å². The molecule has 2 aromatic heterocycles. The lowest BCUT2D eigenvalue weighted by Crippen LogP contribution is -1.99. The van der Waals surface area contributed by atoms with E-state index in [1.807, 2.05) is 24.4 Å². The second kappa shape index (κ2) is 4.72. The van der Waals surface area contributed by atoms with Crippen molar-refractivity contribution in [3.05, 3.63) is 59.7 Å². The number of aromatic amines is 1. The zero-order chi connectivity index (χ0) is 13.2. The second-order valence-electron chi connectivity index (χ2n) is 4.53. The van der Waals surface area contributed by atoms with Gasteiger partial charge in [0.1, 0.15) is 11.5 Å². The van der Waals surface area contributed by atoms with E-state index >= 15 is 0 Å². The number of hydrogen-bond donors (Lipinski definition) is 2. The van der Waals surface area contributed by atoms with Gasteiger partial charge in [0.15, 0.2) is 0 Å². The third-order valence-corrected chi connectivity index (χ3v) is 3.19. The molecule has 0 radical (unpaired) electrons. The van der Waals surface area contributed by atoms with Crippen molar-refractivity contribution in [3.63, 3.8) is 0 Å². The van der Waals surface area contributed by atoms with E-state index in [1.54, 1.807) is 19.2 Å². The monoisotopic (exact) mass is 255 g/mol. The predicted octanol–water partition coefficient (Wildman–Crippen LogP) is 3.62. The molecule has 0 aliphatic carbocycles. The summed E-state index contributed by atoms with van der Waals surface area (Å²) < 4.78 is 13.4. The summed E-state index contributed by atoms with van der Waals surface area (Å²) in [5, 5.41) is 4.31. The number of anilines is 1. The minimum Gasteiger partial charge on any atom is -0.381 e.